The van der Waals surface area contributed by atoms with Crippen molar-refractivity contribution in [2.24, 2.45) is 0 Å². The van der Waals surface area contributed by atoms with Crippen molar-refractivity contribution < 1.29 is 9.50 Å². The van der Waals surface area contributed by atoms with E-state index in [0.717, 1.165) is 0 Å². The van der Waals surface area contributed by atoms with E-state index in [1.54, 1.807) is 0 Å². The van der Waals surface area contributed by atoms with Crippen LogP contribution in [0.4, 0.5) is 4.39 Å². The van der Waals surface area contributed by atoms with E-state index >= 15 is 0 Å². The molecule has 2 N–H and O–H groups in total. The number of hydrogen-bond acceptors (Lipinski definition) is 0. The van der Waals surface area contributed by atoms with Gasteiger partial charge in [0.2, 0.25) is 5.82 Å². The van der Waals surface area contributed by atoms with Crippen LogP contribution < -0.4 is 0 Å². The van der Waals surface area contributed by atoms with Crippen LogP contribution in [0.2, 0.25) is 5.02 Å². The summed E-state index contributed by atoms with van der Waals surface area (Å²) >= 11 is 5.39. The zero-order valence-electron chi connectivity index (χ0n) is 4.49. The molecule has 0 amide bonds. The van der Waals surface area contributed by atoms with Gasteiger partial charge in [0.1, 0.15) is 5.02 Å². The second-order valence-electron chi connectivity index (χ2n) is 1.60. The van der Waals surface area contributed by atoms with Crippen LogP contribution in [0.5, 0.6) is 5.75 Å². The van der Waals surface area contributed by atoms with Gasteiger partial charge in [0.15, 0.2) is 0 Å². The number of hydrogen-bond donors (Lipinski definition) is 0. The molecule has 0 unspecified atom stereocenters. The quantitative estimate of drug-likeness (QED) is 0.501. The first-order valence-electron chi connectivity index (χ1n) is 2.37. The number of halogens is 2. The normalized spacial score (nSPS) is 9.56. The third kappa shape index (κ3) is 1.13. The van der Waals surface area contributed by atoms with Gasteiger partial charge in [-0.05, 0) is 12.1 Å². The molecule has 0 aliphatic heterocycles. The van der Waals surface area contributed by atoms with Crippen LogP contribution in [0.3, 0.4) is 0 Å². The highest BCUT2D eigenvalue weighted by atomic mass is 35.5. The Hall–Kier alpha value is -0.760. The van der Waals surface area contributed by atoms with Crippen molar-refractivity contribution in [3.8, 4) is 5.75 Å². The average molecular weight is 148 g/mol. The number of benzene rings is 1. The molecule has 1 aromatic carbocycles. The third-order valence-electron chi connectivity index (χ3n) is 0.963. The first kappa shape index (κ1) is 6.36. The predicted molar refractivity (Wildman–Crippen MR) is 34.5 cm³/mol. The Morgan fingerprint density at radius 3 is 2.56 bits per heavy atom. The topological polar surface area (TPSA) is 22.9 Å². The van der Waals surface area contributed by atoms with E-state index in [2.05, 4.69) is 0 Å². The molecule has 0 bridgehead atoms. The van der Waals surface area contributed by atoms with Gasteiger partial charge in [0.05, 0.1) is 0 Å². The lowest BCUT2D eigenvalue weighted by Gasteiger charge is -1.90. The molecular formula is C6H5ClFO+. The van der Waals surface area contributed by atoms with Crippen LogP contribution in [0.25, 0.3) is 0 Å². The molecule has 0 saturated carbocycles. The number of para-hydroxylation sites is 1. The molecular weight excluding hydrogens is 143 g/mol. The minimum absolute atomic E-state index is 0.148. The Balaban J connectivity index is 3.25. The average Bonchev–Trinajstić information content (AvgIpc) is 1.83. The maximum Gasteiger partial charge on any atom is 0.309 e. The summed E-state index contributed by atoms with van der Waals surface area (Å²) in [7, 11) is 0. The molecule has 0 aliphatic carbocycles. The molecule has 0 saturated heterocycles. The highest BCUT2D eigenvalue weighted by Gasteiger charge is 2.07. The molecule has 9 heavy (non-hydrogen) atoms. The van der Waals surface area contributed by atoms with Gasteiger partial charge in [-0.2, -0.15) is 4.39 Å². The minimum atomic E-state index is -0.581. The third-order valence-corrected chi connectivity index (χ3v) is 1.28. The summed E-state index contributed by atoms with van der Waals surface area (Å²) < 4.78 is 12.3. The second kappa shape index (κ2) is 2.23. The van der Waals surface area contributed by atoms with Gasteiger partial charge in [0.25, 0.3) is 0 Å². The summed E-state index contributed by atoms with van der Waals surface area (Å²) in [5.74, 6) is -0.818. The van der Waals surface area contributed by atoms with Crippen LogP contribution in [-0.2, 0) is 0 Å². The number of rotatable bonds is 0. The molecule has 0 spiro atoms. The van der Waals surface area contributed by atoms with E-state index < -0.39 is 5.82 Å². The maximum absolute atomic E-state index is 12.3. The summed E-state index contributed by atoms with van der Waals surface area (Å²) in [5, 5.41) is 7.09. The molecule has 0 atom stereocenters. The summed E-state index contributed by atoms with van der Waals surface area (Å²) in [4.78, 5) is 0. The van der Waals surface area contributed by atoms with Gasteiger partial charge in [-0.3, -0.25) is 0 Å². The van der Waals surface area contributed by atoms with E-state index in [9.17, 15) is 4.39 Å². The van der Waals surface area contributed by atoms with Crippen molar-refractivity contribution >= 4 is 11.6 Å². The summed E-state index contributed by atoms with van der Waals surface area (Å²) in [6.45, 7) is 0. The Labute approximate surface area is 56.7 Å². The predicted octanol–water partition coefficient (Wildman–Crippen LogP) is 1.92. The summed E-state index contributed by atoms with van der Waals surface area (Å²) in [6.07, 6.45) is 0. The molecule has 0 fully saturated rings. The van der Waals surface area contributed by atoms with E-state index in [0.29, 0.717) is 0 Å². The van der Waals surface area contributed by atoms with Crippen LogP contribution in [0, 0.1) is 5.82 Å². The zero-order valence-corrected chi connectivity index (χ0v) is 5.24. The SMILES string of the molecule is [OH2+]c1c(F)cccc1Cl. The van der Waals surface area contributed by atoms with Crippen LogP contribution in [0.15, 0.2) is 18.2 Å². The van der Waals surface area contributed by atoms with Crippen LogP contribution in [0.1, 0.15) is 0 Å². The Morgan fingerprint density at radius 2 is 2.11 bits per heavy atom. The second-order valence-corrected chi connectivity index (χ2v) is 2.00. The van der Waals surface area contributed by atoms with Crippen LogP contribution >= 0.6 is 11.6 Å². The van der Waals surface area contributed by atoms with Gasteiger partial charge in [-0.15, -0.1) is 0 Å². The lowest BCUT2D eigenvalue weighted by Crippen LogP contribution is -1.73. The van der Waals surface area contributed by atoms with E-state index in [4.69, 9.17) is 16.7 Å². The largest absolute Gasteiger partial charge is 0.590 e. The van der Waals surface area contributed by atoms with Gasteiger partial charge in [-0.1, -0.05) is 17.7 Å². The molecule has 0 heterocycles. The Bertz CT molecular complexity index is 204. The summed E-state index contributed by atoms with van der Waals surface area (Å²) in [5.41, 5.74) is 0. The van der Waals surface area contributed by atoms with Crippen molar-refractivity contribution in [2.45, 2.75) is 0 Å². The fourth-order valence-electron chi connectivity index (χ4n) is 0.498. The van der Waals surface area contributed by atoms with Crippen molar-refractivity contribution in [3.63, 3.8) is 0 Å². The summed E-state index contributed by atoms with van der Waals surface area (Å²) in [6, 6.07) is 4.15. The molecule has 48 valence electrons. The van der Waals surface area contributed by atoms with Crippen LogP contribution in [-0.4, -0.2) is 5.11 Å². The van der Waals surface area contributed by atoms with E-state index in [1.165, 1.54) is 18.2 Å². The van der Waals surface area contributed by atoms with Crippen molar-refractivity contribution in [3.05, 3.63) is 29.0 Å². The van der Waals surface area contributed by atoms with Crippen molar-refractivity contribution in [2.75, 3.05) is 0 Å². The standard InChI is InChI=1S/C6H4ClFO/c7-4-2-1-3-5(8)6(4)9/h1-3,9H/p+1. The van der Waals surface area contributed by atoms with Gasteiger partial charge < -0.3 is 5.11 Å². The Kier molecular flexibility index (Phi) is 1.58. The zero-order chi connectivity index (χ0) is 6.85. The maximum atomic E-state index is 12.3. The fraction of sp³-hybridized carbons (Fsp3) is 0. The van der Waals surface area contributed by atoms with Gasteiger partial charge in [-0.25, -0.2) is 0 Å². The fourth-order valence-corrected chi connectivity index (χ4v) is 0.661. The van der Waals surface area contributed by atoms with Gasteiger partial charge >= 0.3 is 5.75 Å². The highest BCUT2D eigenvalue weighted by molar-refractivity contribution is 6.31. The van der Waals surface area contributed by atoms with E-state index in [1.807, 2.05) is 0 Å². The lowest BCUT2D eigenvalue weighted by atomic mass is 10.3. The first-order valence-corrected chi connectivity index (χ1v) is 2.75. The molecule has 3 heteroatoms. The molecule has 1 aromatic rings. The molecule has 1 rings (SSSR count). The molecule has 1 nitrogen and oxygen atoms in total. The lowest BCUT2D eigenvalue weighted by molar-refractivity contribution is 0.433. The minimum Gasteiger partial charge on any atom is -0.590 e. The molecule has 0 radical (unpaired) electrons. The van der Waals surface area contributed by atoms with Crippen molar-refractivity contribution in [1.82, 2.24) is 0 Å². The highest BCUT2D eigenvalue weighted by Crippen LogP contribution is 2.24. The monoisotopic (exact) mass is 147 g/mol. The smallest absolute Gasteiger partial charge is 0.309 e. The Morgan fingerprint density at radius 1 is 1.44 bits per heavy atom. The molecule has 0 aliphatic rings. The first-order chi connectivity index (χ1) is 4.22. The van der Waals surface area contributed by atoms with Gasteiger partial charge in [0, 0.05) is 0 Å². The molecule has 0 aromatic heterocycles. The van der Waals surface area contributed by atoms with Crippen molar-refractivity contribution in [1.29, 1.82) is 0 Å². The van der Waals surface area contributed by atoms with E-state index in [-0.39, 0.29) is 10.8 Å².